The van der Waals surface area contributed by atoms with Gasteiger partial charge in [0.2, 0.25) is 5.43 Å². The SMILES string of the molecule is COc1c(O)cc2oc3cc4c(c(O)c3c(=O)c2c1C/C=C(\C)CCC=C(C)C)C=CC(C)(C)O4. The quantitative estimate of drug-likeness (QED) is 0.301. The summed E-state index contributed by atoms with van der Waals surface area (Å²) in [7, 11) is 1.45. The maximum absolute atomic E-state index is 13.8. The zero-order valence-electron chi connectivity index (χ0n) is 21.1. The number of hydrogen-bond acceptors (Lipinski definition) is 6. The number of aromatic hydroxyl groups is 2. The van der Waals surface area contributed by atoms with E-state index in [0.717, 1.165) is 18.4 Å². The molecule has 0 fully saturated rings. The molecule has 184 valence electrons. The molecule has 0 atom stereocenters. The average molecular weight is 477 g/mol. The largest absolute Gasteiger partial charge is 0.506 e. The van der Waals surface area contributed by atoms with Gasteiger partial charge in [-0.1, -0.05) is 23.3 Å². The molecule has 2 aromatic carbocycles. The normalized spacial score (nSPS) is 14.6. The minimum absolute atomic E-state index is 0.0717. The van der Waals surface area contributed by atoms with E-state index >= 15 is 0 Å². The van der Waals surface area contributed by atoms with Crippen LogP contribution in [0.1, 0.15) is 58.6 Å². The molecular weight excluding hydrogens is 444 g/mol. The van der Waals surface area contributed by atoms with Crippen molar-refractivity contribution in [2.45, 2.75) is 59.5 Å². The third-order valence-electron chi connectivity index (χ3n) is 6.24. The fourth-order valence-corrected chi connectivity index (χ4v) is 4.42. The van der Waals surface area contributed by atoms with Gasteiger partial charge in [0.05, 0.1) is 18.1 Å². The molecule has 0 saturated heterocycles. The van der Waals surface area contributed by atoms with Gasteiger partial charge in [-0.25, -0.2) is 0 Å². The Hall–Kier alpha value is -3.67. The molecule has 4 rings (SSSR count). The van der Waals surface area contributed by atoms with E-state index in [1.54, 1.807) is 12.1 Å². The summed E-state index contributed by atoms with van der Waals surface area (Å²) >= 11 is 0. The second-order valence-electron chi connectivity index (χ2n) is 9.84. The molecule has 6 heteroatoms. The third-order valence-corrected chi connectivity index (χ3v) is 6.24. The molecule has 1 aromatic heterocycles. The van der Waals surface area contributed by atoms with Crippen molar-refractivity contribution in [2.75, 3.05) is 7.11 Å². The summed E-state index contributed by atoms with van der Waals surface area (Å²) in [5.74, 6) is 0.347. The van der Waals surface area contributed by atoms with E-state index in [0.29, 0.717) is 23.3 Å². The van der Waals surface area contributed by atoms with Crippen LogP contribution in [0, 0.1) is 0 Å². The lowest BCUT2D eigenvalue weighted by Crippen LogP contribution is -2.27. The van der Waals surface area contributed by atoms with E-state index in [9.17, 15) is 15.0 Å². The van der Waals surface area contributed by atoms with Crippen molar-refractivity contribution in [1.29, 1.82) is 0 Å². The number of hydrogen-bond donors (Lipinski definition) is 2. The molecule has 0 bridgehead atoms. The van der Waals surface area contributed by atoms with E-state index < -0.39 is 5.60 Å². The molecule has 0 aliphatic carbocycles. The number of ether oxygens (including phenoxy) is 2. The van der Waals surface area contributed by atoms with E-state index in [1.165, 1.54) is 18.7 Å². The molecule has 0 radical (unpaired) electrons. The lowest BCUT2D eigenvalue weighted by atomic mass is 9.97. The van der Waals surface area contributed by atoms with Crippen molar-refractivity contribution < 1.29 is 24.1 Å². The molecule has 0 amide bonds. The Bertz CT molecular complexity index is 1460. The monoisotopic (exact) mass is 476 g/mol. The first-order valence-electron chi connectivity index (χ1n) is 11.7. The molecule has 0 unspecified atom stereocenters. The Morgan fingerprint density at radius 2 is 1.80 bits per heavy atom. The number of methoxy groups -OCH3 is 1. The summed E-state index contributed by atoms with van der Waals surface area (Å²) < 4.78 is 17.5. The molecule has 3 aromatic rings. The second kappa shape index (κ2) is 9.17. The van der Waals surface area contributed by atoms with Gasteiger partial charge in [-0.05, 0) is 66.0 Å². The van der Waals surface area contributed by atoms with E-state index in [4.69, 9.17) is 13.9 Å². The maximum Gasteiger partial charge on any atom is 0.204 e. The molecule has 2 heterocycles. The van der Waals surface area contributed by atoms with Gasteiger partial charge in [0, 0.05) is 17.7 Å². The molecule has 0 spiro atoms. The first-order chi connectivity index (χ1) is 16.5. The number of phenols is 2. The van der Waals surface area contributed by atoms with Gasteiger partial charge in [-0.2, -0.15) is 0 Å². The van der Waals surface area contributed by atoms with Crippen LogP contribution in [-0.4, -0.2) is 22.9 Å². The van der Waals surface area contributed by atoms with Crippen molar-refractivity contribution in [1.82, 2.24) is 0 Å². The number of allylic oxidation sites excluding steroid dienone is 4. The molecule has 1 aliphatic heterocycles. The van der Waals surface area contributed by atoms with Gasteiger partial charge in [0.1, 0.15) is 33.7 Å². The van der Waals surface area contributed by atoms with E-state index in [1.807, 2.05) is 32.9 Å². The van der Waals surface area contributed by atoms with Gasteiger partial charge in [0.15, 0.2) is 11.5 Å². The van der Waals surface area contributed by atoms with Crippen LogP contribution in [-0.2, 0) is 6.42 Å². The number of benzene rings is 2. The highest BCUT2D eigenvalue weighted by atomic mass is 16.5. The van der Waals surface area contributed by atoms with Crippen LogP contribution < -0.4 is 14.9 Å². The standard InChI is InChI=1S/C29H32O6/c1-16(2)8-7-9-17(3)10-11-19-24-22(14-20(30)28(19)33-6)34-23-15-21-18(12-13-29(4,5)35-21)26(31)25(23)27(24)32/h8,10,12-15,30-31H,7,9,11H2,1-6H3/b17-10+. The molecule has 1 aliphatic rings. The van der Waals surface area contributed by atoms with Crippen LogP contribution in [0.5, 0.6) is 23.0 Å². The molecule has 6 nitrogen and oxygen atoms in total. The lowest BCUT2D eigenvalue weighted by molar-refractivity contribution is 0.158. The first kappa shape index (κ1) is 24.5. The Labute approximate surface area is 204 Å². The Morgan fingerprint density at radius 1 is 1.09 bits per heavy atom. The Morgan fingerprint density at radius 3 is 2.49 bits per heavy atom. The topological polar surface area (TPSA) is 89.1 Å². The van der Waals surface area contributed by atoms with Crippen molar-refractivity contribution in [3.05, 3.63) is 62.9 Å². The number of phenolic OH excluding ortho intramolecular Hbond substituents is 2. The smallest absolute Gasteiger partial charge is 0.204 e. The number of fused-ring (bicyclic) bond motifs is 3. The Kier molecular flexibility index (Phi) is 6.41. The summed E-state index contributed by atoms with van der Waals surface area (Å²) in [5.41, 5.74) is 2.85. The fourth-order valence-electron chi connectivity index (χ4n) is 4.42. The van der Waals surface area contributed by atoms with Gasteiger partial charge in [-0.3, -0.25) is 4.79 Å². The zero-order chi connectivity index (χ0) is 25.5. The summed E-state index contributed by atoms with van der Waals surface area (Å²) in [6, 6.07) is 3.00. The lowest BCUT2D eigenvalue weighted by Gasteiger charge is -2.28. The minimum atomic E-state index is -0.557. The average Bonchev–Trinajstić information content (AvgIpc) is 2.76. The van der Waals surface area contributed by atoms with Crippen LogP contribution in [0.4, 0.5) is 0 Å². The van der Waals surface area contributed by atoms with Crippen LogP contribution in [0.3, 0.4) is 0 Å². The van der Waals surface area contributed by atoms with E-state index in [2.05, 4.69) is 19.9 Å². The summed E-state index contributed by atoms with van der Waals surface area (Å²) in [5, 5.41) is 22.0. The summed E-state index contributed by atoms with van der Waals surface area (Å²) in [4.78, 5) is 13.8. The van der Waals surface area contributed by atoms with Crippen molar-refractivity contribution in [2.24, 2.45) is 0 Å². The Balaban J connectivity index is 1.92. The highest BCUT2D eigenvalue weighted by Gasteiger charge is 2.28. The van der Waals surface area contributed by atoms with Crippen LogP contribution in [0.2, 0.25) is 0 Å². The van der Waals surface area contributed by atoms with Crippen LogP contribution in [0.25, 0.3) is 28.0 Å². The maximum atomic E-state index is 13.8. The van der Waals surface area contributed by atoms with Gasteiger partial charge in [-0.15, -0.1) is 0 Å². The molecule has 35 heavy (non-hydrogen) atoms. The van der Waals surface area contributed by atoms with Crippen molar-refractivity contribution >= 4 is 28.0 Å². The van der Waals surface area contributed by atoms with Gasteiger partial charge < -0.3 is 24.1 Å². The third kappa shape index (κ3) is 4.65. The predicted molar refractivity (Wildman–Crippen MR) is 140 cm³/mol. The minimum Gasteiger partial charge on any atom is -0.506 e. The van der Waals surface area contributed by atoms with Gasteiger partial charge >= 0.3 is 0 Å². The molecular formula is C29H32O6. The first-order valence-corrected chi connectivity index (χ1v) is 11.7. The second-order valence-corrected chi connectivity index (χ2v) is 9.84. The van der Waals surface area contributed by atoms with E-state index in [-0.39, 0.29) is 44.6 Å². The molecule has 2 N–H and O–H groups in total. The zero-order valence-corrected chi connectivity index (χ0v) is 21.1. The summed E-state index contributed by atoms with van der Waals surface area (Å²) in [6.07, 6.45) is 9.99. The van der Waals surface area contributed by atoms with Crippen molar-refractivity contribution in [3.63, 3.8) is 0 Å². The van der Waals surface area contributed by atoms with Crippen molar-refractivity contribution in [3.8, 4) is 23.0 Å². The summed E-state index contributed by atoms with van der Waals surface area (Å²) in [6.45, 7) is 9.98. The number of rotatable bonds is 6. The highest BCUT2D eigenvalue weighted by molar-refractivity contribution is 5.99. The fraction of sp³-hybridized carbons (Fsp3) is 0.345. The molecule has 0 saturated carbocycles. The van der Waals surface area contributed by atoms with Crippen LogP contribution in [0.15, 0.2) is 50.7 Å². The van der Waals surface area contributed by atoms with Crippen LogP contribution >= 0.6 is 0 Å². The highest BCUT2D eigenvalue weighted by Crippen LogP contribution is 2.43. The predicted octanol–water partition coefficient (Wildman–Crippen LogP) is 6.79. The van der Waals surface area contributed by atoms with Gasteiger partial charge in [0.25, 0.3) is 0 Å².